The molecule has 2 fully saturated rings. The number of carbonyl (C=O) groups excluding carboxylic acids is 2. The summed E-state index contributed by atoms with van der Waals surface area (Å²) in [5.41, 5.74) is 0.110. The molecule has 0 N–H and O–H groups in total. The summed E-state index contributed by atoms with van der Waals surface area (Å²) in [7, 11) is 1.85. The first-order valence-corrected chi connectivity index (χ1v) is 7.68. The third-order valence-corrected chi connectivity index (χ3v) is 6.31. The summed E-state index contributed by atoms with van der Waals surface area (Å²) in [6.45, 7) is 6.38. The second-order valence-electron chi connectivity index (χ2n) is 7.18. The third-order valence-electron chi connectivity index (χ3n) is 6.31. The normalized spacial score (nSPS) is 33.2. The molecule has 0 heterocycles. The first-order valence-electron chi connectivity index (χ1n) is 7.68. The van der Waals surface area contributed by atoms with E-state index in [9.17, 15) is 9.59 Å². The van der Waals surface area contributed by atoms with E-state index in [4.69, 9.17) is 0 Å². The number of hydrogen-bond donors (Lipinski definition) is 0. The van der Waals surface area contributed by atoms with Crippen LogP contribution in [0.15, 0.2) is 30.3 Å². The molecule has 1 aromatic carbocycles. The standard InChI is InChI=1S/C18H23NO2/c1-17(2)13-10-11-14(15(13)20)18(17,3)19(4)16(21)12-8-6-5-7-9-12/h5-9,13-14H,10-11H2,1-4H3/t13?,14?,18-/m1/s1. The number of rotatable bonds is 2. The second-order valence-corrected chi connectivity index (χ2v) is 7.18. The first kappa shape index (κ1) is 14.3. The highest BCUT2D eigenvalue weighted by Gasteiger charge is 2.67. The number of carbonyl (C=O) groups is 2. The molecule has 3 heteroatoms. The SMILES string of the molecule is CN(C(=O)c1ccccc1)[C@]1(C)C2CCC(C2=O)C1(C)C. The van der Waals surface area contributed by atoms with Crippen LogP contribution in [0.3, 0.4) is 0 Å². The van der Waals surface area contributed by atoms with Crippen molar-refractivity contribution in [2.75, 3.05) is 7.05 Å². The molecule has 1 amide bonds. The lowest BCUT2D eigenvalue weighted by Gasteiger charge is -2.51. The lowest BCUT2D eigenvalue weighted by Crippen LogP contribution is -2.59. The van der Waals surface area contributed by atoms with Crippen LogP contribution in [0.1, 0.15) is 44.0 Å². The summed E-state index contributed by atoms with van der Waals surface area (Å²) in [5, 5.41) is 0. The largest absolute Gasteiger partial charge is 0.335 e. The van der Waals surface area contributed by atoms with E-state index in [1.807, 2.05) is 42.3 Å². The Morgan fingerprint density at radius 2 is 1.67 bits per heavy atom. The maximum absolute atomic E-state index is 12.8. The third kappa shape index (κ3) is 1.66. The number of fused-ring (bicyclic) bond motifs is 2. The van der Waals surface area contributed by atoms with Crippen LogP contribution in [0.25, 0.3) is 0 Å². The number of amides is 1. The van der Waals surface area contributed by atoms with E-state index in [0.717, 1.165) is 12.8 Å². The summed E-state index contributed by atoms with van der Waals surface area (Å²) >= 11 is 0. The zero-order valence-corrected chi connectivity index (χ0v) is 13.2. The van der Waals surface area contributed by atoms with Crippen LogP contribution in [0, 0.1) is 17.3 Å². The van der Waals surface area contributed by atoms with Gasteiger partial charge < -0.3 is 4.90 Å². The Bertz CT molecular complexity index is 592. The molecule has 0 aromatic heterocycles. The Morgan fingerprint density at radius 3 is 2.19 bits per heavy atom. The molecule has 3 nitrogen and oxygen atoms in total. The molecule has 2 aliphatic carbocycles. The second kappa shape index (κ2) is 4.43. The van der Waals surface area contributed by atoms with Crippen molar-refractivity contribution < 1.29 is 9.59 Å². The summed E-state index contributed by atoms with van der Waals surface area (Å²) in [6, 6.07) is 9.33. The summed E-state index contributed by atoms with van der Waals surface area (Å²) in [6.07, 6.45) is 1.88. The average Bonchev–Trinajstić information content (AvgIpc) is 2.92. The van der Waals surface area contributed by atoms with Crippen molar-refractivity contribution in [1.29, 1.82) is 0 Å². The Balaban J connectivity index is 1.99. The fourth-order valence-electron chi connectivity index (χ4n) is 4.59. The fraction of sp³-hybridized carbons (Fsp3) is 0.556. The minimum atomic E-state index is -0.403. The van der Waals surface area contributed by atoms with Crippen molar-refractivity contribution in [3.8, 4) is 0 Å². The first-order chi connectivity index (χ1) is 9.81. The van der Waals surface area contributed by atoms with Crippen LogP contribution in [-0.2, 0) is 4.79 Å². The minimum absolute atomic E-state index is 0.00604. The maximum atomic E-state index is 12.8. The van der Waals surface area contributed by atoms with Gasteiger partial charge >= 0.3 is 0 Å². The molecule has 0 spiro atoms. The van der Waals surface area contributed by atoms with Gasteiger partial charge in [0.2, 0.25) is 0 Å². The van der Waals surface area contributed by atoms with Gasteiger partial charge in [-0.25, -0.2) is 0 Å². The van der Waals surface area contributed by atoms with Gasteiger partial charge in [-0.1, -0.05) is 32.0 Å². The summed E-state index contributed by atoms with van der Waals surface area (Å²) in [4.78, 5) is 27.2. The molecule has 2 bridgehead atoms. The van der Waals surface area contributed by atoms with Crippen LogP contribution in [0.5, 0.6) is 0 Å². The maximum Gasteiger partial charge on any atom is 0.254 e. The fourth-order valence-corrected chi connectivity index (χ4v) is 4.59. The van der Waals surface area contributed by atoms with Crippen LogP contribution >= 0.6 is 0 Å². The molecule has 2 saturated carbocycles. The Hall–Kier alpha value is -1.64. The Morgan fingerprint density at radius 1 is 1.10 bits per heavy atom. The van der Waals surface area contributed by atoms with Gasteiger partial charge in [0.25, 0.3) is 5.91 Å². The topological polar surface area (TPSA) is 37.4 Å². The van der Waals surface area contributed by atoms with Gasteiger partial charge in [0.1, 0.15) is 5.78 Å². The molecule has 2 aliphatic rings. The van der Waals surface area contributed by atoms with Crippen molar-refractivity contribution in [3.63, 3.8) is 0 Å². The predicted octanol–water partition coefficient (Wildman–Crippen LogP) is 3.15. The lowest BCUT2D eigenvalue weighted by atomic mass is 9.63. The lowest BCUT2D eigenvalue weighted by molar-refractivity contribution is -0.122. The van der Waals surface area contributed by atoms with Gasteiger partial charge in [-0.15, -0.1) is 0 Å². The van der Waals surface area contributed by atoms with Crippen LogP contribution in [0.2, 0.25) is 0 Å². The number of benzene rings is 1. The van der Waals surface area contributed by atoms with Crippen molar-refractivity contribution in [3.05, 3.63) is 35.9 Å². The van der Waals surface area contributed by atoms with Crippen LogP contribution in [-0.4, -0.2) is 29.2 Å². The zero-order valence-electron chi connectivity index (χ0n) is 13.2. The minimum Gasteiger partial charge on any atom is -0.335 e. The monoisotopic (exact) mass is 285 g/mol. The highest BCUT2D eigenvalue weighted by Crippen LogP contribution is 2.61. The van der Waals surface area contributed by atoms with E-state index in [0.29, 0.717) is 11.3 Å². The molecule has 1 aromatic rings. The number of ketones is 1. The summed E-state index contributed by atoms with van der Waals surface area (Å²) in [5.74, 6) is 0.440. The van der Waals surface area contributed by atoms with E-state index in [1.165, 1.54) is 0 Å². The molecule has 0 saturated heterocycles. The zero-order chi connectivity index (χ0) is 15.4. The van der Waals surface area contributed by atoms with Crippen LogP contribution in [0.4, 0.5) is 0 Å². The van der Waals surface area contributed by atoms with E-state index in [-0.39, 0.29) is 23.2 Å². The molecule has 0 aliphatic heterocycles. The van der Waals surface area contributed by atoms with E-state index < -0.39 is 5.54 Å². The molecule has 3 atom stereocenters. The summed E-state index contributed by atoms with van der Waals surface area (Å²) < 4.78 is 0. The number of nitrogens with zero attached hydrogens (tertiary/aromatic N) is 1. The predicted molar refractivity (Wildman–Crippen MR) is 81.9 cm³/mol. The van der Waals surface area contributed by atoms with Crippen molar-refractivity contribution >= 4 is 11.7 Å². The molecule has 3 rings (SSSR count). The molecule has 2 unspecified atom stereocenters. The highest BCUT2D eigenvalue weighted by molar-refractivity contribution is 5.97. The van der Waals surface area contributed by atoms with Gasteiger partial charge in [0, 0.05) is 24.4 Å². The van der Waals surface area contributed by atoms with Crippen molar-refractivity contribution in [1.82, 2.24) is 4.90 Å². The van der Waals surface area contributed by atoms with Gasteiger partial charge in [-0.3, -0.25) is 9.59 Å². The average molecular weight is 285 g/mol. The van der Waals surface area contributed by atoms with Gasteiger partial charge in [-0.2, -0.15) is 0 Å². The molecular formula is C18H23NO2. The van der Waals surface area contributed by atoms with E-state index in [1.54, 1.807) is 0 Å². The van der Waals surface area contributed by atoms with E-state index >= 15 is 0 Å². The smallest absolute Gasteiger partial charge is 0.254 e. The molecule has 112 valence electrons. The van der Waals surface area contributed by atoms with Crippen molar-refractivity contribution in [2.24, 2.45) is 17.3 Å². The Labute approximate surface area is 126 Å². The number of Topliss-reactive ketones (excluding diaryl/α,β-unsaturated/α-hetero) is 1. The van der Waals surface area contributed by atoms with Gasteiger partial charge in [-0.05, 0) is 37.3 Å². The molecular weight excluding hydrogens is 262 g/mol. The van der Waals surface area contributed by atoms with Crippen LogP contribution < -0.4 is 0 Å². The quantitative estimate of drug-likeness (QED) is 0.837. The van der Waals surface area contributed by atoms with Crippen molar-refractivity contribution in [2.45, 2.75) is 39.2 Å². The Kier molecular flexibility index (Phi) is 3.01. The molecule has 0 radical (unpaired) electrons. The van der Waals surface area contributed by atoms with E-state index in [2.05, 4.69) is 20.8 Å². The number of hydrogen-bond acceptors (Lipinski definition) is 2. The van der Waals surface area contributed by atoms with Gasteiger partial charge in [0.05, 0.1) is 5.54 Å². The highest BCUT2D eigenvalue weighted by atomic mass is 16.2. The molecule has 21 heavy (non-hydrogen) atoms. The van der Waals surface area contributed by atoms with Gasteiger partial charge in [0.15, 0.2) is 0 Å².